The predicted octanol–water partition coefficient (Wildman–Crippen LogP) is 2.02. The lowest BCUT2D eigenvalue weighted by atomic mass is 10.0. The highest BCUT2D eigenvalue weighted by molar-refractivity contribution is 7.80. The van der Waals surface area contributed by atoms with Gasteiger partial charge in [-0.05, 0) is 12.3 Å². The molecule has 0 fully saturated rings. The first-order valence-electron chi connectivity index (χ1n) is 4.57. The minimum atomic E-state index is -4.25. The van der Waals surface area contributed by atoms with Gasteiger partial charge in [0.2, 0.25) is 0 Å². The zero-order valence-electron chi connectivity index (χ0n) is 8.19. The van der Waals surface area contributed by atoms with E-state index in [-0.39, 0.29) is 12.5 Å². The van der Waals surface area contributed by atoms with Gasteiger partial charge < -0.3 is 0 Å². The fraction of sp³-hybridized carbons (Fsp3) is 1.00. The van der Waals surface area contributed by atoms with Crippen molar-refractivity contribution >= 4 is 10.4 Å². The molecule has 0 saturated carbocycles. The van der Waals surface area contributed by atoms with Crippen molar-refractivity contribution in [3.63, 3.8) is 0 Å². The summed E-state index contributed by atoms with van der Waals surface area (Å²) in [6, 6.07) is 0. The largest absolute Gasteiger partial charge is 0.397 e. The van der Waals surface area contributed by atoms with Gasteiger partial charge in [-0.25, -0.2) is 4.18 Å². The predicted molar refractivity (Wildman–Crippen MR) is 50.8 cm³/mol. The minimum absolute atomic E-state index is 0.0720. The molecule has 0 heterocycles. The molecule has 0 aliphatic carbocycles. The molecule has 13 heavy (non-hydrogen) atoms. The number of rotatable bonds is 7. The lowest BCUT2D eigenvalue weighted by Gasteiger charge is -2.08. The molecule has 0 amide bonds. The zero-order valence-corrected chi connectivity index (χ0v) is 9.01. The third kappa shape index (κ3) is 9.79. The highest BCUT2D eigenvalue weighted by Crippen LogP contribution is 2.10. The summed E-state index contributed by atoms with van der Waals surface area (Å²) in [6.45, 7) is 4.09. The minimum Gasteiger partial charge on any atom is -0.264 e. The quantitative estimate of drug-likeness (QED) is 0.516. The van der Waals surface area contributed by atoms with Gasteiger partial charge in [0.25, 0.3) is 0 Å². The van der Waals surface area contributed by atoms with Gasteiger partial charge in [-0.15, -0.1) is 0 Å². The van der Waals surface area contributed by atoms with Crippen LogP contribution in [0.4, 0.5) is 0 Å². The van der Waals surface area contributed by atoms with Gasteiger partial charge in [0.15, 0.2) is 0 Å². The third-order valence-corrected chi connectivity index (χ3v) is 2.24. The molecule has 5 heteroatoms. The molecule has 0 radical (unpaired) electrons. The molecule has 0 spiro atoms. The Morgan fingerprint density at radius 2 is 2.00 bits per heavy atom. The molecular formula is C8H18O4S. The summed E-state index contributed by atoms with van der Waals surface area (Å²) in [7, 11) is -4.25. The van der Waals surface area contributed by atoms with E-state index >= 15 is 0 Å². The fourth-order valence-corrected chi connectivity index (χ4v) is 1.43. The molecule has 0 aromatic carbocycles. The van der Waals surface area contributed by atoms with Crippen molar-refractivity contribution in [2.24, 2.45) is 5.92 Å². The van der Waals surface area contributed by atoms with E-state index in [1.807, 2.05) is 6.92 Å². The molecule has 4 nitrogen and oxygen atoms in total. The Kier molecular flexibility index (Phi) is 6.28. The van der Waals surface area contributed by atoms with Crippen LogP contribution in [0.3, 0.4) is 0 Å². The van der Waals surface area contributed by atoms with E-state index in [1.165, 1.54) is 0 Å². The average molecular weight is 210 g/mol. The standard InChI is InChI=1S/C8H18O4S/c1-3-4-5-6-8(2)7-12-13(9,10)11/h8H,3-7H2,1-2H3,(H,9,10,11). The lowest BCUT2D eigenvalue weighted by Crippen LogP contribution is -2.11. The SMILES string of the molecule is CCCCCC(C)COS(=O)(=O)O. The van der Waals surface area contributed by atoms with Crippen molar-refractivity contribution in [1.82, 2.24) is 0 Å². The Hall–Kier alpha value is -0.130. The van der Waals surface area contributed by atoms with E-state index in [2.05, 4.69) is 11.1 Å². The van der Waals surface area contributed by atoms with Crippen molar-refractivity contribution in [1.29, 1.82) is 0 Å². The Morgan fingerprint density at radius 3 is 2.46 bits per heavy atom. The van der Waals surface area contributed by atoms with Gasteiger partial charge in [-0.2, -0.15) is 8.42 Å². The van der Waals surface area contributed by atoms with Crippen LogP contribution in [0.25, 0.3) is 0 Å². The summed E-state index contributed by atoms with van der Waals surface area (Å²) in [4.78, 5) is 0. The van der Waals surface area contributed by atoms with Crippen molar-refractivity contribution in [2.75, 3.05) is 6.61 Å². The first-order chi connectivity index (χ1) is 5.95. The maximum absolute atomic E-state index is 10.2. The lowest BCUT2D eigenvalue weighted by molar-refractivity contribution is 0.222. The monoisotopic (exact) mass is 210 g/mol. The molecule has 0 bridgehead atoms. The van der Waals surface area contributed by atoms with Gasteiger partial charge in [-0.3, -0.25) is 4.55 Å². The van der Waals surface area contributed by atoms with Gasteiger partial charge in [-0.1, -0.05) is 33.1 Å². The van der Waals surface area contributed by atoms with Gasteiger partial charge in [0.05, 0.1) is 6.61 Å². The zero-order chi connectivity index (χ0) is 10.3. The van der Waals surface area contributed by atoms with Gasteiger partial charge in [0.1, 0.15) is 0 Å². The number of unbranched alkanes of at least 4 members (excludes halogenated alkanes) is 2. The Morgan fingerprint density at radius 1 is 1.38 bits per heavy atom. The molecule has 1 atom stereocenters. The summed E-state index contributed by atoms with van der Waals surface area (Å²) in [6.07, 6.45) is 4.30. The summed E-state index contributed by atoms with van der Waals surface area (Å²) >= 11 is 0. The van der Waals surface area contributed by atoms with E-state index in [9.17, 15) is 8.42 Å². The second kappa shape index (κ2) is 6.34. The van der Waals surface area contributed by atoms with Gasteiger partial charge in [0, 0.05) is 0 Å². The molecule has 1 N–H and O–H groups in total. The summed E-state index contributed by atoms with van der Waals surface area (Å²) in [5, 5.41) is 0. The first kappa shape index (κ1) is 12.9. The second-order valence-electron chi connectivity index (χ2n) is 3.31. The van der Waals surface area contributed by atoms with Crippen molar-refractivity contribution in [2.45, 2.75) is 39.5 Å². The van der Waals surface area contributed by atoms with Crippen LogP contribution in [0, 0.1) is 5.92 Å². The van der Waals surface area contributed by atoms with Crippen LogP contribution in [0.2, 0.25) is 0 Å². The molecule has 0 aromatic rings. The van der Waals surface area contributed by atoms with E-state index in [4.69, 9.17) is 4.55 Å². The van der Waals surface area contributed by atoms with Gasteiger partial charge >= 0.3 is 10.4 Å². The van der Waals surface area contributed by atoms with Crippen LogP contribution >= 0.6 is 0 Å². The van der Waals surface area contributed by atoms with E-state index in [0.29, 0.717) is 0 Å². The molecule has 0 rings (SSSR count). The van der Waals surface area contributed by atoms with Crippen LogP contribution in [0.15, 0.2) is 0 Å². The molecule has 0 aromatic heterocycles. The third-order valence-electron chi connectivity index (χ3n) is 1.80. The molecular weight excluding hydrogens is 192 g/mol. The Bertz CT molecular complexity index is 210. The molecule has 80 valence electrons. The summed E-state index contributed by atoms with van der Waals surface area (Å²) in [5.41, 5.74) is 0. The van der Waals surface area contributed by atoms with Crippen LogP contribution in [-0.4, -0.2) is 19.6 Å². The number of hydrogen-bond donors (Lipinski definition) is 1. The van der Waals surface area contributed by atoms with Crippen LogP contribution in [-0.2, 0) is 14.6 Å². The van der Waals surface area contributed by atoms with E-state index in [1.54, 1.807) is 0 Å². The molecule has 0 aliphatic rings. The Balaban J connectivity index is 3.46. The van der Waals surface area contributed by atoms with E-state index in [0.717, 1.165) is 25.7 Å². The van der Waals surface area contributed by atoms with Crippen LogP contribution in [0.1, 0.15) is 39.5 Å². The van der Waals surface area contributed by atoms with Crippen LogP contribution < -0.4 is 0 Å². The second-order valence-corrected chi connectivity index (χ2v) is 4.40. The molecule has 0 aliphatic heterocycles. The average Bonchev–Trinajstić information content (AvgIpc) is 2.00. The summed E-state index contributed by atoms with van der Waals surface area (Å²) in [5.74, 6) is 0.175. The first-order valence-corrected chi connectivity index (χ1v) is 5.94. The van der Waals surface area contributed by atoms with Crippen molar-refractivity contribution < 1.29 is 17.2 Å². The normalized spacial score (nSPS) is 14.4. The fourth-order valence-electron chi connectivity index (χ4n) is 1.03. The van der Waals surface area contributed by atoms with Crippen molar-refractivity contribution in [3.8, 4) is 0 Å². The van der Waals surface area contributed by atoms with E-state index < -0.39 is 10.4 Å². The molecule has 0 saturated heterocycles. The van der Waals surface area contributed by atoms with Crippen molar-refractivity contribution in [3.05, 3.63) is 0 Å². The topological polar surface area (TPSA) is 63.6 Å². The maximum Gasteiger partial charge on any atom is 0.397 e. The molecule has 1 unspecified atom stereocenters. The highest BCUT2D eigenvalue weighted by Gasteiger charge is 2.08. The summed E-state index contributed by atoms with van der Waals surface area (Å²) < 4.78 is 32.9. The van der Waals surface area contributed by atoms with Crippen LogP contribution in [0.5, 0.6) is 0 Å². The Labute approximate surface area is 80.2 Å². The smallest absolute Gasteiger partial charge is 0.264 e. The maximum atomic E-state index is 10.2. The number of hydrogen-bond acceptors (Lipinski definition) is 3. The highest BCUT2D eigenvalue weighted by atomic mass is 32.3.